The van der Waals surface area contributed by atoms with Gasteiger partial charge < -0.3 is 10.7 Å². The lowest BCUT2D eigenvalue weighted by Crippen LogP contribution is -2.14. The van der Waals surface area contributed by atoms with E-state index in [0.717, 1.165) is 5.56 Å². The average Bonchev–Trinajstić information content (AvgIpc) is 1.99. The number of halogens is 1. The largest absolute Gasteiger partial charge is 0.327 e. The molecule has 0 aliphatic rings. The number of aromatic amines is 1. The second-order valence-corrected chi connectivity index (χ2v) is 2.68. The van der Waals surface area contributed by atoms with Gasteiger partial charge in [-0.1, -0.05) is 11.6 Å². The maximum atomic E-state index is 11.0. The molecule has 0 aromatic carbocycles. The number of hydrogen-bond acceptors (Lipinski definition) is 2. The molecule has 0 aliphatic heterocycles. The molecule has 0 amide bonds. The van der Waals surface area contributed by atoms with E-state index in [1.807, 2.05) is 0 Å². The Balaban J connectivity index is 3.41. The zero-order valence-corrected chi connectivity index (χ0v) is 6.90. The van der Waals surface area contributed by atoms with Gasteiger partial charge >= 0.3 is 0 Å². The van der Waals surface area contributed by atoms with Gasteiger partial charge in [0, 0.05) is 18.3 Å². The molecule has 4 heteroatoms. The van der Waals surface area contributed by atoms with Gasteiger partial charge in [0.05, 0.1) is 5.02 Å². The van der Waals surface area contributed by atoms with E-state index in [1.54, 1.807) is 6.92 Å². The van der Waals surface area contributed by atoms with Crippen LogP contribution in [0.2, 0.25) is 5.02 Å². The van der Waals surface area contributed by atoms with Crippen LogP contribution in [0, 0.1) is 6.92 Å². The summed E-state index contributed by atoms with van der Waals surface area (Å²) >= 11 is 5.75. The van der Waals surface area contributed by atoms with Gasteiger partial charge in [0.2, 0.25) is 0 Å². The fraction of sp³-hybridized carbons (Fsp3) is 0.286. The molecule has 0 bridgehead atoms. The predicted octanol–water partition coefficient (Wildman–Crippen LogP) is 0.795. The third kappa shape index (κ3) is 1.44. The molecule has 3 N–H and O–H groups in total. The Kier molecular flexibility index (Phi) is 2.31. The van der Waals surface area contributed by atoms with Crippen LogP contribution in [0.15, 0.2) is 11.0 Å². The SMILES string of the molecule is Cc1c(CN)c(Cl)c[nH]c1=O. The number of nitrogens with one attached hydrogen (secondary N) is 1. The van der Waals surface area contributed by atoms with Crippen molar-refractivity contribution >= 4 is 11.6 Å². The molecule has 1 aromatic rings. The molecule has 0 atom stereocenters. The third-order valence-electron chi connectivity index (χ3n) is 1.62. The topological polar surface area (TPSA) is 58.9 Å². The molecule has 3 nitrogen and oxygen atoms in total. The summed E-state index contributed by atoms with van der Waals surface area (Å²) in [4.78, 5) is 13.5. The Morgan fingerprint density at radius 2 is 2.36 bits per heavy atom. The van der Waals surface area contributed by atoms with Crippen molar-refractivity contribution in [2.45, 2.75) is 13.5 Å². The van der Waals surface area contributed by atoms with Gasteiger partial charge in [-0.25, -0.2) is 0 Å². The molecule has 60 valence electrons. The molecule has 0 spiro atoms. The Morgan fingerprint density at radius 3 is 2.82 bits per heavy atom. The number of rotatable bonds is 1. The van der Waals surface area contributed by atoms with E-state index in [1.165, 1.54) is 6.20 Å². The van der Waals surface area contributed by atoms with Crippen LogP contribution in [0.5, 0.6) is 0 Å². The third-order valence-corrected chi connectivity index (χ3v) is 1.95. The quantitative estimate of drug-likeness (QED) is 0.658. The first-order valence-electron chi connectivity index (χ1n) is 3.23. The van der Waals surface area contributed by atoms with Crippen LogP contribution >= 0.6 is 11.6 Å². The minimum absolute atomic E-state index is 0.130. The highest BCUT2D eigenvalue weighted by Crippen LogP contribution is 2.13. The Labute approximate surface area is 69.2 Å². The van der Waals surface area contributed by atoms with Crippen molar-refractivity contribution in [2.24, 2.45) is 5.73 Å². The second-order valence-electron chi connectivity index (χ2n) is 2.27. The molecular weight excluding hydrogens is 164 g/mol. The van der Waals surface area contributed by atoms with Crippen molar-refractivity contribution in [3.8, 4) is 0 Å². The van der Waals surface area contributed by atoms with Gasteiger partial charge in [-0.3, -0.25) is 4.79 Å². The van der Waals surface area contributed by atoms with Crippen LogP contribution in [0.25, 0.3) is 0 Å². The van der Waals surface area contributed by atoms with E-state index in [0.29, 0.717) is 17.1 Å². The van der Waals surface area contributed by atoms with Crippen LogP contribution in [0.1, 0.15) is 11.1 Å². The van der Waals surface area contributed by atoms with E-state index in [4.69, 9.17) is 17.3 Å². The van der Waals surface area contributed by atoms with E-state index in [9.17, 15) is 4.79 Å². The van der Waals surface area contributed by atoms with Crippen molar-refractivity contribution in [3.05, 3.63) is 32.7 Å². The molecule has 1 heterocycles. The highest BCUT2D eigenvalue weighted by atomic mass is 35.5. The van der Waals surface area contributed by atoms with Crippen molar-refractivity contribution in [1.29, 1.82) is 0 Å². The lowest BCUT2D eigenvalue weighted by atomic mass is 10.1. The zero-order chi connectivity index (χ0) is 8.43. The Morgan fingerprint density at radius 1 is 1.73 bits per heavy atom. The van der Waals surface area contributed by atoms with E-state index in [2.05, 4.69) is 4.98 Å². The molecule has 11 heavy (non-hydrogen) atoms. The van der Waals surface area contributed by atoms with Crippen LogP contribution in [0.3, 0.4) is 0 Å². The smallest absolute Gasteiger partial charge is 0.251 e. The van der Waals surface area contributed by atoms with E-state index in [-0.39, 0.29) is 5.56 Å². The average molecular weight is 173 g/mol. The minimum Gasteiger partial charge on any atom is -0.327 e. The zero-order valence-electron chi connectivity index (χ0n) is 6.15. The summed E-state index contributed by atoms with van der Waals surface area (Å²) in [7, 11) is 0. The highest BCUT2D eigenvalue weighted by molar-refractivity contribution is 6.31. The molecule has 0 aliphatic carbocycles. The summed E-state index contributed by atoms with van der Waals surface area (Å²) in [5.41, 5.74) is 6.57. The predicted molar refractivity (Wildman–Crippen MR) is 44.7 cm³/mol. The first kappa shape index (κ1) is 8.30. The maximum absolute atomic E-state index is 11.0. The van der Waals surface area contributed by atoms with Crippen molar-refractivity contribution in [2.75, 3.05) is 0 Å². The van der Waals surface area contributed by atoms with Crippen LogP contribution in [0.4, 0.5) is 0 Å². The molecule has 1 aromatic heterocycles. The molecule has 0 saturated carbocycles. The summed E-state index contributed by atoms with van der Waals surface area (Å²) < 4.78 is 0. The van der Waals surface area contributed by atoms with Crippen LogP contribution in [-0.2, 0) is 6.54 Å². The maximum Gasteiger partial charge on any atom is 0.251 e. The van der Waals surface area contributed by atoms with Gasteiger partial charge in [-0.2, -0.15) is 0 Å². The number of nitrogens with two attached hydrogens (primary N) is 1. The first-order valence-corrected chi connectivity index (χ1v) is 3.61. The number of hydrogen-bond donors (Lipinski definition) is 2. The van der Waals surface area contributed by atoms with Gasteiger partial charge in [0.1, 0.15) is 0 Å². The molecule has 0 saturated heterocycles. The normalized spacial score (nSPS) is 10.1. The fourth-order valence-electron chi connectivity index (χ4n) is 0.891. The minimum atomic E-state index is -0.130. The van der Waals surface area contributed by atoms with Crippen LogP contribution < -0.4 is 11.3 Å². The molecule has 1 rings (SSSR count). The van der Waals surface area contributed by atoms with E-state index >= 15 is 0 Å². The van der Waals surface area contributed by atoms with Gasteiger partial charge in [-0.15, -0.1) is 0 Å². The fourth-order valence-corrected chi connectivity index (χ4v) is 1.16. The molecule has 0 fully saturated rings. The number of H-pyrrole nitrogens is 1. The second kappa shape index (κ2) is 3.07. The molecule has 0 radical (unpaired) electrons. The Hall–Kier alpha value is -0.800. The number of pyridine rings is 1. The van der Waals surface area contributed by atoms with Crippen LogP contribution in [-0.4, -0.2) is 4.98 Å². The monoisotopic (exact) mass is 172 g/mol. The summed E-state index contributed by atoms with van der Waals surface area (Å²) in [6, 6.07) is 0. The lowest BCUT2D eigenvalue weighted by molar-refractivity contribution is 1.01. The van der Waals surface area contributed by atoms with Crippen molar-refractivity contribution in [3.63, 3.8) is 0 Å². The highest BCUT2D eigenvalue weighted by Gasteiger charge is 2.04. The molecular formula is C7H9ClN2O. The van der Waals surface area contributed by atoms with Gasteiger partial charge in [0.15, 0.2) is 0 Å². The lowest BCUT2D eigenvalue weighted by Gasteiger charge is -2.02. The number of aromatic nitrogens is 1. The first-order chi connectivity index (χ1) is 5.16. The molecule has 0 unspecified atom stereocenters. The van der Waals surface area contributed by atoms with Gasteiger partial charge in [-0.05, 0) is 12.5 Å². The van der Waals surface area contributed by atoms with Gasteiger partial charge in [0.25, 0.3) is 5.56 Å². The van der Waals surface area contributed by atoms with Crippen molar-refractivity contribution < 1.29 is 0 Å². The summed E-state index contributed by atoms with van der Waals surface area (Å²) in [6.45, 7) is 2.00. The summed E-state index contributed by atoms with van der Waals surface area (Å²) in [5, 5.41) is 0.518. The van der Waals surface area contributed by atoms with E-state index < -0.39 is 0 Å². The van der Waals surface area contributed by atoms with Crippen molar-refractivity contribution in [1.82, 2.24) is 4.98 Å². The summed E-state index contributed by atoms with van der Waals surface area (Å²) in [6.07, 6.45) is 1.46. The Bertz CT molecular complexity index is 319. The summed E-state index contributed by atoms with van der Waals surface area (Å²) in [5.74, 6) is 0. The standard InChI is InChI=1S/C7H9ClN2O/c1-4-5(2-9)6(8)3-10-7(4)11/h3H,2,9H2,1H3,(H,10,11).